The molecule has 13 heavy (non-hydrogen) atoms. The van der Waals surface area contributed by atoms with Gasteiger partial charge >= 0.3 is 6.09 Å². The second-order valence-corrected chi connectivity index (χ2v) is 3.11. The maximum absolute atomic E-state index is 10.8. The lowest BCUT2D eigenvalue weighted by Gasteiger charge is -2.06. The molecule has 0 aliphatic heterocycles. The van der Waals surface area contributed by atoms with Gasteiger partial charge in [-0.1, -0.05) is 12.1 Å². The molecule has 1 aromatic carbocycles. The Balaban J connectivity index is 2.81. The number of amides is 1. The fourth-order valence-electron chi connectivity index (χ4n) is 0.894. The zero-order chi connectivity index (χ0) is 9.68. The minimum atomic E-state index is -0.554. The van der Waals surface area contributed by atoms with Gasteiger partial charge in [0.05, 0.1) is 5.69 Å². The second-order valence-electron chi connectivity index (χ2n) is 2.26. The number of hydrogen-bond acceptors (Lipinski definition) is 3. The van der Waals surface area contributed by atoms with E-state index in [2.05, 4.69) is 17.2 Å². The van der Waals surface area contributed by atoms with Gasteiger partial charge in [0.1, 0.15) is 7.11 Å². The van der Waals surface area contributed by atoms with Crippen molar-refractivity contribution in [2.75, 3.05) is 11.6 Å². The third kappa shape index (κ3) is 2.66. The highest BCUT2D eigenvalue weighted by Crippen LogP contribution is 2.24. The Morgan fingerprint density at radius 1 is 1.54 bits per heavy atom. The molecule has 0 saturated heterocycles. The normalized spacial score (nSPS) is 9.38. The first-order valence-electron chi connectivity index (χ1n) is 3.64. The summed E-state index contributed by atoms with van der Waals surface area (Å²) >= 11 is 1.56. The first kappa shape index (κ1) is 9.92. The van der Waals surface area contributed by atoms with Crippen LogP contribution in [0.5, 0.6) is 0 Å². The summed E-state index contributed by atoms with van der Waals surface area (Å²) in [6, 6.07) is 7.48. The summed E-state index contributed by atoms with van der Waals surface area (Å²) in [6.07, 6.45) is 1.39. The van der Waals surface area contributed by atoms with Gasteiger partial charge in [0.25, 0.3) is 0 Å². The molecule has 0 fully saturated rings. The van der Waals surface area contributed by atoms with E-state index < -0.39 is 6.09 Å². The van der Waals surface area contributed by atoms with E-state index in [1.807, 2.05) is 30.5 Å². The van der Waals surface area contributed by atoms with Gasteiger partial charge in [0, 0.05) is 4.90 Å². The summed E-state index contributed by atoms with van der Waals surface area (Å²) in [7, 11) is 3.02. The van der Waals surface area contributed by atoms with Crippen molar-refractivity contribution in [2.24, 2.45) is 0 Å². The van der Waals surface area contributed by atoms with Crippen molar-refractivity contribution in [3.8, 4) is 0 Å². The zero-order valence-electron chi connectivity index (χ0n) is 7.24. The van der Waals surface area contributed by atoms with Gasteiger partial charge in [-0.25, -0.2) is 4.79 Å². The lowest BCUT2D eigenvalue weighted by atomic mass is 10.3. The smallest absolute Gasteiger partial charge is 0.411 e. The number of carbonyl (C=O) groups is 1. The molecular formula is C9H10NO2S. The molecule has 0 heterocycles. The van der Waals surface area contributed by atoms with Crippen LogP contribution in [-0.4, -0.2) is 12.3 Å². The van der Waals surface area contributed by atoms with Crippen LogP contribution in [0.1, 0.15) is 0 Å². The van der Waals surface area contributed by atoms with E-state index in [0.29, 0.717) is 0 Å². The third-order valence-corrected chi connectivity index (χ3v) is 2.27. The third-order valence-electron chi connectivity index (χ3n) is 1.47. The fourth-order valence-corrected chi connectivity index (χ4v) is 1.45. The Hall–Kier alpha value is -1.16. The molecule has 1 amide bonds. The van der Waals surface area contributed by atoms with Gasteiger partial charge in [-0.15, -0.1) is 11.8 Å². The van der Waals surface area contributed by atoms with Crippen molar-refractivity contribution in [2.45, 2.75) is 4.90 Å². The van der Waals surface area contributed by atoms with Gasteiger partial charge in [-0.2, -0.15) is 0 Å². The van der Waals surface area contributed by atoms with Gasteiger partial charge < -0.3 is 4.74 Å². The van der Waals surface area contributed by atoms with Gasteiger partial charge in [0.15, 0.2) is 0 Å². The molecule has 1 rings (SSSR count). The van der Waals surface area contributed by atoms with Gasteiger partial charge in [-0.05, 0) is 18.4 Å². The minimum Gasteiger partial charge on any atom is -0.446 e. The summed E-state index contributed by atoms with van der Waals surface area (Å²) in [5.41, 5.74) is 0.739. The molecule has 0 atom stereocenters. The molecule has 0 bridgehead atoms. The summed E-state index contributed by atoms with van der Waals surface area (Å²) in [5.74, 6) is 0. The largest absolute Gasteiger partial charge is 0.446 e. The van der Waals surface area contributed by atoms with E-state index in [1.54, 1.807) is 11.8 Å². The van der Waals surface area contributed by atoms with Crippen LogP contribution in [0, 0.1) is 7.11 Å². The Labute approximate surface area is 81.5 Å². The van der Waals surface area contributed by atoms with Crippen molar-refractivity contribution < 1.29 is 9.53 Å². The summed E-state index contributed by atoms with van der Waals surface area (Å²) in [4.78, 5) is 11.8. The molecule has 0 aliphatic rings. The summed E-state index contributed by atoms with van der Waals surface area (Å²) in [6.45, 7) is 0. The van der Waals surface area contributed by atoms with E-state index in [9.17, 15) is 4.79 Å². The van der Waals surface area contributed by atoms with Crippen LogP contribution < -0.4 is 5.32 Å². The Morgan fingerprint density at radius 3 is 2.85 bits per heavy atom. The van der Waals surface area contributed by atoms with Crippen LogP contribution in [0.3, 0.4) is 0 Å². The fraction of sp³-hybridized carbons (Fsp3) is 0.111. The number of carbonyl (C=O) groups excluding carboxylic acids is 1. The Kier molecular flexibility index (Phi) is 3.64. The lowest BCUT2D eigenvalue weighted by Crippen LogP contribution is -2.10. The number of benzene rings is 1. The first-order valence-corrected chi connectivity index (χ1v) is 4.86. The van der Waals surface area contributed by atoms with E-state index in [1.165, 1.54) is 0 Å². The average molecular weight is 196 g/mol. The molecule has 0 aliphatic carbocycles. The highest BCUT2D eigenvalue weighted by atomic mass is 32.2. The molecule has 1 N–H and O–H groups in total. The molecule has 1 aromatic rings. The van der Waals surface area contributed by atoms with Crippen molar-refractivity contribution in [3.05, 3.63) is 31.4 Å². The highest BCUT2D eigenvalue weighted by Gasteiger charge is 2.03. The molecule has 69 valence electrons. The maximum atomic E-state index is 10.8. The molecule has 0 saturated carbocycles. The predicted molar refractivity (Wildman–Crippen MR) is 53.7 cm³/mol. The molecular weight excluding hydrogens is 186 g/mol. The highest BCUT2D eigenvalue weighted by molar-refractivity contribution is 7.98. The van der Waals surface area contributed by atoms with Crippen LogP contribution in [-0.2, 0) is 4.74 Å². The van der Waals surface area contributed by atoms with E-state index in [-0.39, 0.29) is 0 Å². The number of anilines is 1. The Morgan fingerprint density at radius 2 is 2.23 bits per heavy atom. The average Bonchev–Trinajstić information content (AvgIpc) is 2.18. The number of para-hydroxylation sites is 1. The van der Waals surface area contributed by atoms with Crippen molar-refractivity contribution in [3.63, 3.8) is 0 Å². The van der Waals surface area contributed by atoms with Crippen molar-refractivity contribution >= 4 is 23.5 Å². The van der Waals surface area contributed by atoms with Crippen molar-refractivity contribution in [1.82, 2.24) is 0 Å². The van der Waals surface area contributed by atoms with E-state index >= 15 is 0 Å². The van der Waals surface area contributed by atoms with Crippen LogP contribution >= 0.6 is 11.8 Å². The molecule has 4 heteroatoms. The first-order chi connectivity index (χ1) is 6.27. The van der Waals surface area contributed by atoms with Crippen LogP contribution in [0.4, 0.5) is 10.5 Å². The van der Waals surface area contributed by atoms with E-state index in [0.717, 1.165) is 10.6 Å². The quantitative estimate of drug-likeness (QED) is 0.739. The molecule has 3 nitrogen and oxygen atoms in total. The Bertz CT molecular complexity index is 301. The molecule has 0 unspecified atom stereocenters. The van der Waals surface area contributed by atoms with Crippen LogP contribution in [0.2, 0.25) is 0 Å². The molecule has 1 radical (unpaired) electrons. The molecule has 0 spiro atoms. The van der Waals surface area contributed by atoms with Gasteiger partial charge in [-0.3, -0.25) is 5.32 Å². The monoisotopic (exact) mass is 196 g/mol. The summed E-state index contributed by atoms with van der Waals surface area (Å²) < 4.78 is 4.24. The second kappa shape index (κ2) is 4.77. The topological polar surface area (TPSA) is 38.3 Å². The van der Waals surface area contributed by atoms with Crippen LogP contribution in [0.15, 0.2) is 29.2 Å². The lowest BCUT2D eigenvalue weighted by molar-refractivity contribution is 0.199. The van der Waals surface area contributed by atoms with Crippen LogP contribution in [0.25, 0.3) is 0 Å². The predicted octanol–water partition coefficient (Wildman–Crippen LogP) is 2.75. The maximum Gasteiger partial charge on any atom is 0.411 e. The zero-order valence-corrected chi connectivity index (χ0v) is 8.06. The number of nitrogens with one attached hydrogen (secondary N) is 1. The number of thioether (sulfide) groups is 1. The number of hydrogen-bond donors (Lipinski definition) is 1. The summed E-state index contributed by atoms with van der Waals surface area (Å²) in [5, 5.41) is 2.57. The number of ether oxygens (including phenoxy) is 1. The van der Waals surface area contributed by atoms with E-state index in [4.69, 9.17) is 0 Å². The molecule has 0 aromatic heterocycles. The standard InChI is InChI=1S/C9H10NO2S/c1-12-9(11)10-7-5-3-4-6-8(7)13-2/h3-6H,1H2,2H3,(H,10,11). The van der Waals surface area contributed by atoms with Gasteiger partial charge in [0.2, 0.25) is 0 Å². The minimum absolute atomic E-state index is 0.554. The number of rotatable bonds is 2. The van der Waals surface area contributed by atoms with Crippen molar-refractivity contribution in [1.29, 1.82) is 0 Å². The SMILES string of the molecule is [CH2]OC(=O)Nc1ccccc1SC.